The lowest BCUT2D eigenvalue weighted by Crippen LogP contribution is -2.20. The van der Waals surface area contributed by atoms with Crippen LogP contribution in [-0.2, 0) is 11.8 Å². The molecule has 0 fully saturated rings. The fourth-order valence-electron chi connectivity index (χ4n) is 3.11. The van der Waals surface area contributed by atoms with Gasteiger partial charge in [0.1, 0.15) is 10.6 Å². The molecule has 4 aromatic rings. The van der Waals surface area contributed by atoms with Crippen molar-refractivity contribution in [3.63, 3.8) is 0 Å². The van der Waals surface area contributed by atoms with Crippen molar-refractivity contribution in [3.05, 3.63) is 82.0 Å². The van der Waals surface area contributed by atoms with Crippen molar-refractivity contribution in [2.24, 2.45) is 7.05 Å². The number of carbonyl (C=O) groups excluding carboxylic acids is 1. The Bertz CT molecular complexity index is 1200. The predicted octanol–water partition coefficient (Wildman–Crippen LogP) is 5.08. The first-order valence-corrected chi connectivity index (χ1v) is 10.6. The van der Waals surface area contributed by atoms with Gasteiger partial charge in [-0.15, -0.1) is 11.3 Å². The molecule has 2 aromatic heterocycles. The number of Topliss-reactive ketones (excluding diaryl/α,β-unsaturated/α-hetero) is 1. The minimum absolute atomic E-state index is 0.0294. The van der Waals surface area contributed by atoms with E-state index in [1.165, 1.54) is 23.1 Å². The molecule has 0 saturated heterocycles. The molecular formula is C22H18N2O2S2. The molecule has 28 heavy (non-hydrogen) atoms. The Labute approximate surface area is 170 Å². The van der Waals surface area contributed by atoms with Crippen LogP contribution >= 0.6 is 23.1 Å². The van der Waals surface area contributed by atoms with Gasteiger partial charge in [0.15, 0.2) is 5.16 Å². The van der Waals surface area contributed by atoms with E-state index in [-0.39, 0.29) is 11.3 Å². The molecule has 4 rings (SSSR count). The van der Waals surface area contributed by atoms with Crippen LogP contribution < -0.4 is 5.56 Å². The Morgan fingerprint density at radius 3 is 2.36 bits per heavy atom. The summed E-state index contributed by atoms with van der Waals surface area (Å²) < 4.78 is 1.55. The maximum absolute atomic E-state index is 13.1. The van der Waals surface area contributed by atoms with Gasteiger partial charge >= 0.3 is 0 Å². The average Bonchev–Trinajstić information content (AvgIpc) is 3.14. The summed E-state index contributed by atoms with van der Waals surface area (Å²) in [5.41, 5.74) is 2.71. The van der Waals surface area contributed by atoms with Gasteiger partial charge in [0.05, 0.1) is 10.6 Å². The van der Waals surface area contributed by atoms with Crippen molar-refractivity contribution in [3.8, 4) is 11.1 Å². The molecule has 0 radical (unpaired) electrons. The smallest absolute Gasteiger partial charge is 0.263 e. The first kappa shape index (κ1) is 18.7. The van der Waals surface area contributed by atoms with Gasteiger partial charge in [0, 0.05) is 18.0 Å². The highest BCUT2D eigenvalue weighted by Crippen LogP contribution is 2.37. The van der Waals surface area contributed by atoms with Gasteiger partial charge in [-0.1, -0.05) is 72.4 Å². The average molecular weight is 407 g/mol. The summed E-state index contributed by atoms with van der Waals surface area (Å²) in [6.45, 7) is 1.57. The van der Waals surface area contributed by atoms with Crippen LogP contribution in [0, 0.1) is 0 Å². The SMILES string of the molecule is CC(=O)[C@@H](Sc1nc2scc(-c3ccccc3)c2c(=O)n1C)c1ccccc1. The lowest BCUT2D eigenvalue weighted by Gasteiger charge is -2.15. The number of thioether (sulfide) groups is 1. The Kier molecular flexibility index (Phi) is 5.15. The lowest BCUT2D eigenvalue weighted by molar-refractivity contribution is -0.116. The van der Waals surface area contributed by atoms with Gasteiger partial charge < -0.3 is 0 Å². The molecule has 2 aromatic carbocycles. The third kappa shape index (κ3) is 3.41. The number of thiophene rings is 1. The minimum Gasteiger partial charge on any atom is -0.298 e. The fourth-order valence-corrected chi connectivity index (χ4v) is 5.16. The van der Waals surface area contributed by atoms with E-state index in [0.29, 0.717) is 15.4 Å². The van der Waals surface area contributed by atoms with Crippen LogP contribution in [0.2, 0.25) is 0 Å². The standard InChI is InChI=1S/C22H18N2O2S2/c1-14(25)19(16-11-7-4-8-12-16)28-22-23-20-18(21(26)24(22)2)17(13-27-20)15-9-5-3-6-10-15/h3-13,19H,1-2H3/t19-/m1/s1. The number of nitrogens with zero attached hydrogens (tertiary/aromatic N) is 2. The third-order valence-electron chi connectivity index (χ3n) is 4.55. The van der Waals surface area contributed by atoms with Gasteiger partial charge in [-0.05, 0) is 18.1 Å². The molecule has 2 heterocycles. The zero-order valence-corrected chi connectivity index (χ0v) is 17.1. The summed E-state index contributed by atoms with van der Waals surface area (Å²) >= 11 is 2.77. The minimum atomic E-state index is -0.398. The van der Waals surface area contributed by atoms with Crippen molar-refractivity contribution in [2.75, 3.05) is 0 Å². The van der Waals surface area contributed by atoms with E-state index in [2.05, 4.69) is 0 Å². The number of ketones is 1. The maximum Gasteiger partial charge on any atom is 0.263 e. The highest BCUT2D eigenvalue weighted by molar-refractivity contribution is 8.00. The second kappa shape index (κ2) is 7.73. The van der Waals surface area contributed by atoms with E-state index in [1.807, 2.05) is 66.0 Å². The number of fused-ring (bicyclic) bond motifs is 1. The van der Waals surface area contributed by atoms with E-state index in [9.17, 15) is 9.59 Å². The van der Waals surface area contributed by atoms with Crippen LogP contribution in [0.4, 0.5) is 0 Å². The van der Waals surface area contributed by atoms with Gasteiger partial charge in [-0.3, -0.25) is 14.2 Å². The normalized spacial score (nSPS) is 12.2. The van der Waals surface area contributed by atoms with Crippen LogP contribution in [0.1, 0.15) is 17.7 Å². The zero-order valence-electron chi connectivity index (χ0n) is 15.5. The monoisotopic (exact) mass is 406 g/mol. The summed E-state index contributed by atoms with van der Waals surface area (Å²) in [7, 11) is 1.71. The molecule has 4 nitrogen and oxygen atoms in total. The Morgan fingerprint density at radius 2 is 1.71 bits per heavy atom. The number of aromatic nitrogens is 2. The third-order valence-corrected chi connectivity index (χ3v) is 6.84. The van der Waals surface area contributed by atoms with Crippen molar-refractivity contribution >= 4 is 39.1 Å². The van der Waals surface area contributed by atoms with Crippen LogP contribution in [-0.4, -0.2) is 15.3 Å². The van der Waals surface area contributed by atoms with E-state index < -0.39 is 5.25 Å². The van der Waals surface area contributed by atoms with Crippen molar-refractivity contribution in [1.29, 1.82) is 0 Å². The summed E-state index contributed by atoms with van der Waals surface area (Å²) in [5, 5.41) is 2.75. The lowest BCUT2D eigenvalue weighted by atomic mass is 10.1. The quantitative estimate of drug-likeness (QED) is 0.342. The Balaban J connectivity index is 1.80. The summed E-state index contributed by atoms with van der Waals surface area (Å²) in [6.07, 6.45) is 0. The van der Waals surface area contributed by atoms with Gasteiger partial charge in [-0.2, -0.15) is 0 Å². The van der Waals surface area contributed by atoms with E-state index in [1.54, 1.807) is 18.5 Å². The van der Waals surface area contributed by atoms with Crippen LogP contribution in [0.25, 0.3) is 21.3 Å². The highest BCUT2D eigenvalue weighted by atomic mass is 32.2. The Hall–Kier alpha value is -2.70. The molecule has 0 aliphatic carbocycles. The molecule has 0 spiro atoms. The molecule has 6 heteroatoms. The number of carbonyl (C=O) groups is 1. The van der Waals surface area contributed by atoms with Crippen LogP contribution in [0.5, 0.6) is 0 Å². The molecule has 0 amide bonds. The second-order valence-corrected chi connectivity index (χ2v) is 8.40. The van der Waals surface area contributed by atoms with E-state index in [4.69, 9.17) is 4.98 Å². The summed E-state index contributed by atoms with van der Waals surface area (Å²) in [4.78, 5) is 30.8. The van der Waals surface area contributed by atoms with E-state index >= 15 is 0 Å². The molecule has 0 N–H and O–H groups in total. The van der Waals surface area contributed by atoms with E-state index in [0.717, 1.165) is 16.7 Å². The van der Waals surface area contributed by atoms with Crippen molar-refractivity contribution in [2.45, 2.75) is 17.3 Å². The number of rotatable bonds is 5. The fraction of sp³-hybridized carbons (Fsp3) is 0.136. The number of benzene rings is 2. The molecule has 0 aliphatic rings. The molecule has 0 bridgehead atoms. The molecule has 1 atom stereocenters. The Morgan fingerprint density at radius 1 is 1.07 bits per heavy atom. The molecular weight excluding hydrogens is 388 g/mol. The number of hydrogen-bond acceptors (Lipinski definition) is 5. The van der Waals surface area contributed by atoms with Gasteiger partial charge in [0.25, 0.3) is 5.56 Å². The van der Waals surface area contributed by atoms with Gasteiger partial charge in [-0.25, -0.2) is 4.98 Å². The molecule has 0 aliphatic heterocycles. The maximum atomic E-state index is 13.1. The second-order valence-electron chi connectivity index (χ2n) is 6.47. The first-order chi connectivity index (χ1) is 13.6. The molecule has 140 valence electrons. The predicted molar refractivity (Wildman–Crippen MR) is 116 cm³/mol. The first-order valence-electron chi connectivity index (χ1n) is 8.82. The summed E-state index contributed by atoms with van der Waals surface area (Å²) in [5.74, 6) is 0.0294. The summed E-state index contributed by atoms with van der Waals surface area (Å²) in [6, 6.07) is 19.4. The van der Waals surface area contributed by atoms with Gasteiger partial charge in [0.2, 0.25) is 0 Å². The number of hydrogen-bond donors (Lipinski definition) is 0. The van der Waals surface area contributed by atoms with Crippen molar-refractivity contribution in [1.82, 2.24) is 9.55 Å². The highest BCUT2D eigenvalue weighted by Gasteiger charge is 2.22. The van der Waals surface area contributed by atoms with Crippen LogP contribution in [0.15, 0.2) is 76.0 Å². The van der Waals surface area contributed by atoms with Crippen molar-refractivity contribution < 1.29 is 4.79 Å². The zero-order chi connectivity index (χ0) is 19.7. The molecule has 0 saturated carbocycles. The van der Waals surface area contributed by atoms with Crippen LogP contribution in [0.3, 0.4) is 0 Å². The topological polar surface area (TPSA) is 52.0 Å². The molecule has 0 unspecified atom stereocenters. The largest absolute Gasteiger partial charge is 0.298 e.